The van der Waals surface area contributed by atoms with Crippen LogP contribution >= 0.6 is 0 Å². The van der Waals surface area contributed by atoms with E-state index in [2.05, 4.69) is 0 Å². The van der Waals surface area contributed by atoms with Crippen LogP contribution in [0, 0.1) is 6.92 Å². The fourth-order valence-corrected chi connectivity index (χ4v) is 4.69. The van der Waals surface area contributed by atoms with Gasteiger partial charge in [-0.3, -0.25) is 0 Å². The predicted molar refractivity (Wildman–Crippen MR) is 106 cm³/mol. The van der Waals surface area contributed by atoms with Gasteiger partial charge < -0.3 is 9.84 Å². The molecule has 27 heavy (non-hydrogen) atoms. The maximum Gasteiger partial charge on any atom is 0.243 e. The minimum Gasteiger partial charge on any atom is -0.497 e. The lowest BCUT2D eigenvalue weighted by atomic mass is 10.00. The number of hydrogen-bond donors (Lipinski definition) is 1. The Morgan fingerprint density at radius 3 is 2.52 bits per heavy atom. The van der Waals surface area contributed by atoms with Crippen LogP contribution in [0.15, 0.2) is 59.5 Å². The van der Waals surface area contributed by atoms with E-state index >= 15 is 0 Å². The number of aliphatic hydroxyl groups is 1. The standard InChI is InChI=1S/C21H25NO4S/c1-16-7-9-20(10-8-16)27(24,25)22-14-18(11-12-21(2,23)15-22)17-5-4-6-19(13-17)26-3/h4-11,13,23H,12,14-15H2,1-3H3. The Hall–Kier alpha value is -2.15. The zero-order chi connectivity index (χ0) is 19.7. The first kappa shape index (κ1) is 19.6. The van der Waals surface area contributed by atoms with Gasteiger partial charge in [0.1, 0.15) is 5.75 Å². The van der Waals surface area contributed by atoms with Crippen LogP contribution in [0.25, 0.3) is 5.57 Å². The van der Waals surface area contributed by atoms with Crippen LogP contribution in [0.3, 0.4) is 0 Å². The first-order valence-corrected chi connectivity index (χ1v) is 10.3. The second-order valence-electron chi connectivity index (χ2n) is 7.25. The molecule has 0 fully saturated rings. The molecule has 0 spiro atoms. The Bertz CT molecular complexity index is 946. The minimum absolute atomic E-state index is 0.0349. The van der Waals surface area contributed by atoms with Crippen LogP contribution in [-0.4, -0.2) is 43.6 Å². The molecule has 6 heteroatoms. The number of β-amino-alcohol motifs (C(OH)–C–C–N with tert-alkyl or cyclic N) is 1. The van der Waals surface area contributed by atoms with Gasteiger partial charge in [-0.2, -0.15) is 4.31 Å². The highest BCUT2D eigenvalue weighted by atomic mass is 32.2. The van der Waals surface area contributed by atoms with Crippen molar-refractivity contribution in [2.75, 3.05) is 20.2 Å². The zero-order valence-corrected chi connectivity index (χ0v) is 16.7. The van der Waals surface area contributed by atoms with Gasteiger partial charge in [0.2, 0.25) is 10.0 Å². The lowest BCUT2D eigenvalue weighted by Gasteiger charge is -2.28. The number of nitrogens with zero attached hydrogens (tertiary/aromatic N) is 1. The number of hydrogen-bond acceptors (Lipinski definition) is 4. The Kier molecular flexibility index (Phi) is 5.42. The zero-order valence-electron chi connectivity index (χ0n) is 15.8. The molecule has 0 saturated heterocycles. The van der Waals surface area contributed by atoms with E-state index in [1.807, 2.05) is 37.3 Å². The summed E-state index contributed by atoms with van der Waals surface area (Å²) in [6.45, 7) is 3.80. The molecule has 5 nitrogen and oxygen atoms in total. The van der Waals surface area contributed by atoms with Crippen LogP contribution in [0.5, 0.6) is 5.75 Å². The third-order valence-corrected chi connectivity index (χ3v) is 6.56. The number of sulfonamides is 1. The van der Waals surface area contributed by atoms with E-state index < -0.39 is 15.6 Å². The highest BCUT2D eigenvalue weighted by molar-refractivity contribution is 7.89. The molecule has 1 N–H and O–H groups in total. The normalized spacial score (nSPS) is 21.4. The second-order valence-corrected chi connectivity index (χ2v) is 9.19. The molecule has 0 saturated carbocycles. The van der Waals surface area contributed by atoms with Crippen LogP contribution in [0.4, 0.5) is 0 Å². The molecule has 0 amide bonds. The molecular formula is C21H25NO4S. The first-order chi connectivity index (χ1) is 12.7. The summed E-state index contributed by atoms with van der Waals surface area (Å²) in [6.07, 6.45) is 2.29. The summed E-state index contributed by atoms with van der Waals surface area (Å²) in [7, 11) is -2.13. The van der Waals surface area contributed by atoms with Crippen LogP contribution < -0.4 is 4.74 Å². The van der Waals surface area contributed by atoms with E-state index in [4.69, 9.17) is 4.74 Å². The van der Waals surface area contributed by atoms with E-state index in [0.29, 0.717) is 12.2 Å². The van der Waals surface area contributed by atoms with Crippen LogP contribution in [0.1, 0.15) is 24.5 Å². The Morgan fingerprint density at radius 2 is 1.85 bits per heavy atom. The van der Waals surface area contributed by atoms with Gasteiger partial charge in [0, 0.05) is 13.1 Å². The summed E-state index contributed by atoms with van der Waals surface area (Å²) in [4.78, 5) is 0.232. The summed E-state index contributed by atoms with van der Waals surface area (Å²) in [5.74, 6) is 0.706. The summed E-state index contributed by atoms with van der Waals surface area (Å²) in [5.41, 5.74) is 1.59. The third-order valence-electron chi connectivity index (χ3n) is 4.75. The van der Waals surface area contributed by atoms with Gasteiger partial charge in [0.15, 0.2) is 0 Å². The van der Waals surface area contributed by atoms with Crippen molar-refractivity contribution in [2.24, 2.45) is 0 Å². The highest BCUT2D eigenvalue weighted by Crippen LogP contribution is 2.30. The fourth-order valence-electron chi connectivity index (χ4n) is 3.16. The van der Waals surface area contributed by atoms with Crippen molar-refractivity contribution in [3.63, 3.8) is 0 Å². The van der Waals surface area contributed by atoms with Gasteiger partial charge in [-0.25, -0.2) is 8.42 Å². The number of methoxy groups -OCH3 is 1. The van der Waals surface area contributed by atoms with E-state index in [1.54, 1.807) is 38.3 Å². The van der Waals surface area contributed by atoms with Gasteiger partial charge in [-0.15, -0.1) is 0 Å². The maximum absolute atomic E-state index is 13.2. The third kappa shape index (κ3) is 4.40. The molecule has 0 aliphatic carbocycles. The molecule has 0 bridgehead atoms. The molecule has 2 aromatic carbocycles. The van der Waals surface area contributed by atoms with Crippen molar-refractivity contribution < 1.29 is 18.3 Å². The highest BCUT2D eigenvalue weighted by Gasteiger charge is 2.34. The molecular weight excluding hydrogens is 362 g/mol. The maximum atomic E-state index is 13.2. The Balaban J connectivity index is 2.00. The van der Waals surface area contributed by atoms with Crippen molar-refractivity contribution in [2.45, 2.75) is 30.8 Å². The predicted octanol–water partition coefficient (Wildman–Crippen LogP) is 3.23. The molecule has 1 aliphatic heterocycles. The average molecular weight is 388 g/mol. The van der Waals surface area contributed by atoms with E-state index in [-0.39, 0.29) is 18.0 Å². The number of ether oxygens (including phenoxy) is 1. The summed E-state index contributed by atoms with van der Waals surface area (Å²) >= 11 is 0. The monoisotopic (exact) mass is 387 g/mol. The molecule has 144 valence electrons. The summed E-state index contributed by atoms with van der Waals surface area (Å²) < 4.78 is 33.0. The van der Waals surface area contributed by atoms with Gasteiger partial charge in [-0.05, 0) is 55.7 Å². The largest absolute Gasteiger partial charge is 0.497 e. The van der Waals surface area contributed by atoms with Crippen LogP contribution in [0.2, 0.25) is 0 Å². The smallest absolute Gasteiger partial charge is 0.243 e. The van der Waals surface area contributed by atoms with E-state index in [1.165, 1.54) is 4.31 Å². The summed E-state index contributed by atoms with van der Waals surface area (Å²) in [5, 5.41) is 10.7. The molecule has 1 atom stereocenters. The van der Waals surface area contributed by atoms with Crippen molar-refractivity contribution in [3.05, 3.63) is 65.7 Å². The molecule has 1 unspecified atom stereocenters. The molecule has 3 rings (SSSR count). The van der Waals surface area contributed by atoms with Crippen LogP contribution in [-0.2, 0) is 10.0 Å². The summed E-state index contributed by atoms with van der Waals surface area (Å²) in [6, 6.07) is 14.3. The van der Waals surface area contributed by atoms with Crippen molar-refractivity contribution in [3.8, 4) is 5.75 Å². The molecule has 1 heterocycles. The van der Waals surface area contributed by atoms with Gasteiger partial charge in [-0.1, -0.05) is 35.9 Å². The number of benzene rings is 2. The topological polar surface area (TPSA) is 66.8 Å². The first-order valence-electron chi connectivity index (χ1n) is 8.84. The Labute approximate surface area is 161 Å². The average Bonchev–Trinajstić information content (AvgIpc) is 2.81. The van der Waals surface area contributed by atoms with Gasteiger partial charge >= 0.3 is 0 Å². The lowest BCUT2D eigenvalue weighted by Crippen LogP contribution is -2.42. The second kappa shape index (κ2) is 7.46. The quantitative estimate of drug-likeness (QED) is 0.875. The van der Waals surface area contributed by atoms with Gasteiger partial charge in [0.05, 0.1) is 17.6 Å². The SMILES string of the molecule is COc1cccc(C2=CCC(C)(O)CN(S(=O)(=O)c3ccc(C)cc3)C2)c1. The number of rotatable bonds is 4. The van der Waals surface area contributed by atoms with E-state index in [0.717, 1.165) is 16.7 Å². The molecule has 0 radical (unpaired) electrons. The molecule has 0 aromatic heterocycles. The minimum atomic E-state index is -3.73. The molecule has 1 aliphatic rings. The lowest BCUT2D eigenvalue weighted by molar-refractivity contribution is 0.0483. The van der Waals surface area contributed by atoms with Gasteiger partial charge in [0.25, 0.3) is 0 Å². The van der Waals surface area contributed by atoms with E-state index in [9.17, 15) is 13.5 Å². The van der Waals surface area contributed by atoms with Crippen molar-refractivity contribution in [1.82, 2.24) is 4.31 Å². The van der Waals surface area contributed by atoms with Crippen molar-refractivity contribution in [1.29, 1.82) is 0 Å². The Morgan fingerprint density at radius 1 is 1.15 bits per heavy atom. The number of aryl methyl sites for hydroxylation is 1. The van der Waals surface area contributed by atoms with Crippen molar-refractivity contribution >= 4 is 15.6 Å². The molecule has 2 aromatic rings. The fraction of sp³-hybridized carbons (Fsp3) is 0.333.